The summed E-state index contributed by atoms with van der Waals surface area (Å²) in [6.07, 6.45) is -2.71. The van der Waals surface area contributed by atoms with Gasteiger partial charge in [0.05, 0.1) is 18.7 Å². The van der Waals surface area contributed by atoms with Crippen LogP contribution in [0.4, 0.5) is 17.6 Å². The Hall–Kier alpha value is -1.59. The quantitative estimate of drug-likeness (QED) is 0.282. The van der Waals surface area contributed by atoms with Crippen LogP contribution in [0, 0.1) is 5.82 Å². The third-order valence-corrected chi connectivity index (χ3v) is 3.99. The summed E-state index contributed by atoms with van der Waals surface area (Å²) >= 11 is 0. The molecule has 0 bridgehead atoms. The van der Waals surface area contributed by atoms with Gasteiger partial charge in [0, 0.05) is 19.6 Å². The first-order valence-corrected chi connectivity index (χ1v) is 8.47. The smallest absolute Gasteiger partial charge is 0.357 e. The predicted octanol–water partition coefficient (Wildman–Crippen LogP) is 3.14. The second-order valence-corrected chi connectivity index (χ2v) is 5.94. The summed E-state index contributed by atoms with van der Waals surface area (Å²) in [6, 6.07) is 2.50. The lowest BCUT2D eigenvalue weighted by atomic mass is 10.1. The standard InChI is InChI=1S/C17H22F4N4O.HI/c1-2-22-16(24-11-15(26)25-7-3-4-8-25)23-10-12-5-6-13(18)9-14(12)17(19,20)21;/h5-6,9H,2-4,7-8,10-11H2,1H3,(H2,22,23,24);1H. The molecular formula is C17H23F4IN4O. The molecule has 1 aliphatic rings. The van der Waals surface area contributed by atoms with E-state index in [2.05, 4.69) is 15.6 Å². The predicted molar refractivity (Wildman–Crippen MR) is 105 cm³/mol. The highest BCUT2D eigenvalue weighted by molar-refractivity contribution is 14.0. The van der Waals surface area contributed by atoms with Crippen molar-refractivity contribution in [2.75, 3.05) is 26.2 Å². The van der Waals surface area contributed by atoms with E-state index in [0.29, 0.717) is 12.6 Å². The number of aliphatic imine (C=N–C) groups is 1. The van der Waals surface area contributed by atoms with Crippen LogP contribution in [0.1, 0.15) is 30.9 Å². The van der Waals surface area contributed by atoms with Crippen LogP contribution in [0.3, 0.4) is 0 Å². The number of nitrogens with zero attached hydrogens (tertiary/aromatic N) is 2. The van der Waals surface area contributed by atoms with E-state index in [9.17, 15) is 22.4 Å². The number of amides is 1. The number of likely N-dealkylation sites (tertiary alicyclic amines) is 1. The Labute approximate surface area is 172 Å². The second-order valence-electron chi connectivity index (χ2n) is 5.94. The minimum Gasteiger partial charge on any atom is -0.357 e. The molecule has 2 rings (SSSR count). The molecule has 0 radical (unpaired) electrons. The molecule has 1 saturated heterocycles. The van der Waals surface area contributed by atoms with Crippen molar-refractivity contribution < 1.29 is 22.4 Å². The average molecular weight is 502 g/mol. The summed E-state index contributed by atoms with van der Waals surface area (Å²) in [6.45, 7) is 3.46. The van der Waals surface area contributed by atoms with Gasteiger partial charge in [0.2, 0.25) is 5.91 Å². The number of guanidine groups is 1. The van der Waals surface area contributed by atoms with Crippen LogP contribution >= 0.6 is 24.0 Å². The van der Waals surface area contributed by atoms with Crippen molar-refractivity contribution in [3.8, 4) is 0 Å². The molecule has 0 atom stereocenters. The molecule has 1 fully saturated rings. The lowest BCUT2D eigenvalue weighted by Crippen LogP contribution is -2.44. The molecule has 5 nitrogen and oxygen atoms in total. The van der Waals surface area contributed by atoms with Crippen LogP contribution in [0.25, 0.3) is 0 Å². The van der Waals surface area contributed by atoms with E-state index in [-0.39, 0.29) is 54.5 Å². The molecule has 1 heterocycles. The maximum absolute atomic E-state index is 13.2. The number of rotatable bonds is 5. The zero-order valence-electron chi connectivity index (χ0n) is 14.9. The van der Waals surface area contributed by atoms with Gasteiger partial charge >= 0.3 is 6.18 Å². The number of halogens is 5. The summed E-state index contributed by atoms with van der Waals surface area (Å²) < 4.78 is 52.2. The van der Waals surface area contributed by atoms with E-state index >= 15 is 0 Å². The monoisotopic (exact) mass is 502 g/mol. The zero-order chi connectivity index (χ0) is 19.2. The van der Waals surface area contributed by atoms with E-state index < -0.39 is 17.6 Å². The Morgan fingerprint density at radius 2 is 1.89 bits per heavy atom. The molecule has 152 valence electrons. The van der Waals surface area contributed by atoms with Crippen molar-refractivity contribution in [3.63, 3.8) is 0 Å². The molecule has 0 spiro atoms. The molecule has 1 aromatic rings. The van der Waals surface area contributed by atoms with Gasteiger partial charge in [-0.25, -0.2) is 9.38 Å². The van der Waals surface area contributed by atoms with E-state index in [1.165, 1.54) is 0 Å². The van der Waals surface area contributed by atoms with Gasteiger partial charge in [-0.15, -0.1) is 24.0 Å². The van der Waals surface area contributed by atoms with Gasteiger partial charge in [-0.3, -0.25) is 4.79 Å². The maximum atomic E-state index is 13.2. The fourth-order valence-corrected chi connectivity index (χ4v) is 2.69. The summed E-state index contributed by atoms with van der Waals surface area (Å²) in [5.74, 6) is -0.797. The Morgan fingerprint density at radius 3 is 2.48 bits per heavy atom. The number of carbonyl (C=O) groups excluding carboxylic acids is 1. The summed E-state index contributed by atoms with van der Waals surface area (Å²) in [5, 5.41) is 5.71. The first kappa shape index (κ1) is 23.4. The van der Waals surface area contributed by atoms with E-state index in [0.717, 1.165) is 38.1 Å². The Balaban J connectivity index is 0.00000364. The van der Waals surface area contributed by atoms with Gasteiger partial charge in [-0.05, 0) is 37.5 Å². The van der Waals surface area contributed by atoms with Crippen molar-refractivity contribution in [1.82, 2.24) is 15.5 Å². The van der Waals surface area contributed by atoms with Crippen molar-refractivity contribution in [3.05, 3.63) is 35.1 Å². The Kier molecular flexibility index (Phi) is 9.27. The fourth-order valence-electron chi connectivity index (χ4n) is 2.69. The first-order valence-electron chi connectivity index (χ1n) is 8.47. The third kappa shape index (κ3) is 7.15. The topological polar surface area (TPSA) is 56.7 Å². The molecule has 1 aromatic carbocycles. The van der Waals surface area contributed by atoms with Crippen molar-refractivity contribution in [1.29, 1.82) is 0 Å². The van der Waals surface area contributed by atoms with Crippen molar-refractivity contribution in [2.24, 2.45) is 4.99 Å². The van der Waals surface area contributed by atoms with Gasteiger partial charge in [-0.1, -0.05) is 6.07 Å². The molecule has 0 unspecified atom stereocenters. The molecular weight excluding hydrogens is 479 g/mol. The Morgan fingerprint density at radius 1 is 1.22 bits per heavy atom. The largest absolute Gasteiger partial charge is 0.416 e. The van der Waals surface area contributed by atoms with Crippen LogP contribution in [-0.4, -0.2) is 42.9 Å². The first-order chi connectivity index (χ1) is 12.3. The van der Waals surface area contributed by atoms with Gasteiger partial charge < -0.3 is 15.5 Å². The third-order valence-electron chi connectivity index (χ3n) is 3.99. The molecule has 1 aliphatic heterocycles. The lowest BCUT2D eigenvalue weighted by Gasteiger charge is -2.17. The number of nitrogens with one attached hydrogen (secondary N) is 2. The molecule has 0 saturated carbocycles. The van der Waals surface area contributed by atoms with Crippen LogP contribution in [0.5, 0.6) is 0 Å². The number of alkyl halides is 3. The average Bonchev–Trinajstić information content (AvgIpc) is 3.11. The normalized spacial score (nSPS) is 14.7. The molecule has 27 heavy (non-hydrogen) atoms. The van der Waals surface area contributed by atoms with Crippen LogP contribution in [0.15, 0.2) is 23.2 Å². The highest BCUT2D eigenvalue weighted by Gasteiger charge is 2.33. The van der Waals surface area contributed by atoms with E-state index in [1.54, 1.807) is 11.8 Å². The van der Waals surface area contributed by atoms with Gasteiger partial charge in [0.25, 0.3) is 0 Å². The molecule has 2 N–H and O–H groups in total. The van der Waals surface area contributed by atoms with Crippen LogP contribution in [0.2, 0.25) is 0 Å². The Bertz CT molecular complexity index is 661. The van der Waals surface area contributed by atoms with Crippen LogP contribution in [-0.2, 0) is 17.5 Å². The second kappa shape index (κ2) is 10.7. The lowest BCUT2D eigenvalue weighted by molar-refractivity contribution is -0.138. The molecule has 0 aromatic heterocycles. The van der Waals surface area contributed by atoms with E-state index in [4.69, 9.17) is 0 Å². The zero-order valence-corrected chi connectivity index (χ0v) is 17.2. The number of benzene rings is 1. The van der Waals surface area contributed by atoms with Crippen molar-refractivity contribution >= 4 is 35.8 Å². The molecule has 1 amide bonds. The summed E-state index contributed by atoms with van der Waals surface area (Å²) in [5.41, 5.74) is -1.19. The number of carbonyl (C=O) groups is 1. The highest BCUT2D eigenvalue weighted by atomic mass is 127. The van der Waals surface area contributed by atoms with Gasteiger partial charge in [0.1, 0.15) is 5.82 Å². The van der Waals surface area contributed by atoms with Gasteiger partial charge in [0.15, 0.2) is 5.96 Å². The number of hydrogen-bond donors (Lipinski definition) is 2. The minimum absolute atomic E-state index is 0. The van der Waals surface area contributed by atoms with Crippen LogP contribution < -0.4 is 10.6 Å². The van der Waals surface area contributed by atoms with Gasteiger partial charge in [-0.2, -0.15) is 13.2 Å². The number of hydrogen-bond acceptors (Lipinski definition) is 2. The maximum Gasteiger partial charge on any atom is 0.416 e. The van der Waals surface area contributed by atoms with Crippen molar-refractivity contribution in [2.45, 2.75) is 32.5 Å². The molecule has 0 aliphatic carbocycles. The summed E-state index contributed by atoms with van der Waals surface area (Å²) in [4.78, 5) is 17.9. The summed E-state index contributed by atoms with van der Waals surface area (Å²) in [7, 11) is 0. The highest BCUT2D eigenvalue weighted by Crippen LogP contribution is 2.32. The van der Waals surface area contributed by atoms with E-state index in [1.807, 2.05) is 0 Å². The minimum atomic E-state index is -4.66. The fraction of sp³-hybridized carbons (Fsp3) is 0.529. The molecule has 10 heteroatoms. The SMILES string of the molecule is CCNC(=NCc1ccc(F)cc1C(F)(F)F)NCC(=O)N1CCCC1.I.